The minimum atomic E-state index is -1.22. The number of nitro groups is 1. The second kappa shape index (κ2) is 6.55. The van der Waals surface area contributed by atoms with Crippen molar-refractivity contribution in [3.63, 3.8) is 0 Å². The molecule has 98 valence electrons. The highest BCUT2D eigenvalue weighted by Gasteiger charge is 2.18. The van der Waals surface area contributed by atoms with Crippen LogP contribution in [0, 0.1) is 10.1 Å². The molecule has 0 bridgehead atoms. The molecular weight excluding hydrogens is 242 g/mol. The van der Waals surface area contributed by atoms with Crippen LogP contribution in [0.5, 0.6) is 5.75 Å². The summed E-state index contributed by atoms with van der Waals surface area (Å²) in [6.45, 7) is 2.84. The number of carboxylic acids is 1. The summed E-state index contributed by atoms with van der Waals surface area (Å²) in [5, 5.41) is 19.5. The number of aromatic carboxylic acids is 1. The van der Waals surface area contributed by atoms with Crippen LogP contribution in [0.3, 0.4) is 0 Å². The normalized spacial score (nSPS) is 10.1. The highest BCUT2D eigenvalue weighted by Crippen LogP contribution is 2.27. The van der Waals surface area contributed by atoms with Gasteiger partial charge in [-0.2, -0.15) is 0 Å². The Labute approximate surface area is 103 Å². The fourth-order valence-electron chi connectivity index (χ4n) is 1.27. The van der Waals surface area contributed by atoms with Gasteiger partial charge in [-0.25, -0.2) is 4.79 Å². The summed E-state index contributed by atoms with van der Waals surface area (Å²) in [7, 11) is 0. The van der Waals surface area contributed by atoms with Crippen LogP contribution in [-0.2, 0) is 4.74 Å². The van der Waals surface area contributed by atoms with E-state index in [1.807, 2.05) is 6.92 Å². The van der Waals surface area contributed by atoms with E-state index in [0.29, 0.717) is 13.2 Å². The Balaban J connectivity index is 2.83. The molecule has 0 aliphatic heterocycles. The number of hydrogen-bond donors (Lipinski definition) is 1. The lowest BCUT2D eigenvalue weighted by molar-refractivity contribution is -0.385. The van der Waals surface area contributed by atoms with Crippen molar-refractivity contribution in [3.8, 4) is 5.75 Å². The zero-order chi connectivity index (χ0) is 13.5. The topological polar surface area (TPSA) is 98.9 Å². The van der Waals surface area contributed by atoms with Gasteiger partial charge in [-0.3, -0.25) is 10.1 Å². The van der Waals surface area contributed by atoms with Crippen LogP contribution >= 0.6 is 0 Å². The van der Waals surface area contributed by atoms with Crippen LogP contribution in [0.15, 0.2) is 18.2 Å². The Bertz CT molecular complexity index is 445. The van der Waals surface area contributed by atoms with Gasteiger partial charge in [-0.15, -0.1) is 0 Å². The van der Waals surface area contributed by atoms with Crippen LogP contribution in [0.1, 0.15) is 17.3 Å². The van der Waals surface area contributed by atoms with E-state index in [1.165, 1.54) is 12.1 Å². The first-order valence-electron chi connectivity index (χ1n) is 5.28. The summed E-state index contributed by atoms with van der Waals surface area (Å²) in [4.78, 5) is 20.8. The molecule has 0 aliphatic rings. The second-order valence-corrected chi connectivity index (χ2v) is 3.29. The molecule has 18 heavy (non-hydrogen) atoms. The smallest absolute Gasteiger partial charge is 0.335 e. The number of benzene rings is 1. The molecule has 1 aromatic rings. The van der Waals surface area contributed by atoms with E-state index >= 15 is 0 Å². The monoisotopic (exact) mass is 255 g/mol. The van der Waals surface area contributed by atoms with Crippen LogP contribution in [-0.4, -0.2) is 35.8 Å². The van der Waals surface area contributed by atoms with Crippen molar-refractivity contribution in [1.29, 1.82) is 0 Å². The Kier molecular flexibility index (Phi) is 5.06. The number of carbonyl (C=O) groups is 1. The maximum atomic E-state index is 10.8. The second-order valence-electron chi connectivity index (χ2n) is 3.29. The van der Waals surface area contributed by atoms with E-state index in [4.69, 9.17) is 14.6 Å². The van der Waals surface area contributed by atoms with Gasteiger partial charge < -0.3 is 14.6 Å². The third-order valence-electron chi connectivity index (χ3n) is 2.09. The molecule has 1 rings (SSSR count). The van der Waals surface area contributed by atoms with Crippen molar-refractivity contribution < 1.29 is 24.3 Å². The first-order valence-corrected chi connectivity index (χ1v) is 5.28. The van der Waals surface area contributed by atoms with Gasteiger partial charge in [0.25, 0.3) is 0 Å². The average molecular weight is 255 g/mol. The lowest BCUT2D eigenvalue weighted by Crippen LogP contribution is -2.08. The fourth-order valence-corrected chi connectivity index (χ4v) is 1.27. The Morgan fingerprint density at radius 3 is 2.72 bits per heavy atom. The standard InChI is InChI=1S/C11H13NO6/c1-2-17-5-6-18-10-4-3-8(11(13)14)7-9(10)12(15)16/h3-4,7H,2,5-6H2,1H3,(H,13,14). The van der Waals surface area contributed by atoms with Gasteiger partial charge >= 0.3 is 11.7 Å². The summed E-state index contributed by atoms with van der Waals surface area (Å²) in [5.41, 5.74) is -0.523. The zero-order valence-corrected chi connectivity index (χ0v) is 9.79. The zero-order valence-electron chi connectivity index (χ0n) is 9.79. The van der Waals surface area contributed by atoms with Crippen molar-refractivity contribution in [2.24, 2.45) is 0 Å². The third-order valence-corrected chi connectivity index (χ3v) is 2.09. The molecule has 1 N–H and O–H groups in total. The molecule has 0 atom stereocenters. The summed E-state index contributed by atoms with van der Waals surface area (Å²) in [6.07, 6.45) is 0. The molecule has 0 saturated carbocycles. The van der Waals surface area contributed by atoms with Crippen molar-refractivity contribution in [3.05, 3.63) is 33.9 Å². The first-order chi connectivity index (χ1) is 8.56. The van der Waals surface area contributed by atoms with Crippen LogP contribution in [0.2, 0.25) is 0 Å². The van der Waals surface area contributed by atoms with Gasteiger partial charge in [-0.1, -0.05) is 0 Å². The molecule has 7 nitrogen and oxygen atoms in total. The molecule has 0 spiro atoms. The highest BCUT2D eigenvalue weighted by atomic mass is 16.6. The summed E-state index contributed by atoms with van der Waals surface area (Å²) >= 11 is 0. The Morgan fingerprint density at radius 2 is 2.17 bits per heavy atom. The van der Waals surface area contributed by atoms with E-state index < -0.39 is 10.9 Å². The van der Waals surface area contributed by atoms with E-state index in [1.54, 1.807) is 0 Å². The molecule has 1 aromatic carbocycles. The average Bonchev–Trinajstić information content (AvgIpc) is 2.34. The highest BCUT2D eigenvalue weighted by molar-refractivity contribution is 5.88. The SMILES string of the molecule is CCOCCOc1ccc(C(=O)O)cc1[N+](=O)[O-]. The maximum Gasteiger partial charge on any atom is 0.335 e. The van der Waals surface area contributed by atoms with Crippen LogP contribution in [0.4, 0.5) is 5.69 Å². The van der Waals surface area contributed by atoms with Gasteiger partial charge in [0.2, 0.25) is 0 Å². The number of nitro benzene ring substituents is 1. The molecule has 0 aromatic heterocycles. The Hall–Kier alpha value is -2.15. The fraction of sp³-hybridized carbons (Fsp3) is 0.364. The quantitative estimate of drug-likeness (QED) is 0.452. The van der Waals surface area contributed by atoms with Crippen molar-refractivity contribution >= 4 is 11.7 Å². The van der Waals surface area contributed by atoms with E-state index in [2.05, 4.69) is 0 Å². The third kappa shape index (κ3) is 3.70. The molecule has 0 unspecified atom stereocenters. The summed E-state index contributed by atoms with van der Waals surface area (Å²) in [6, 6.07) is 3.50. The van der Waals surface area contributed by atoms with Crippen molar-refractivity contribution in [1.82, 2.24) is 0 Å². The number of hydrogen-bond acceptors (Lipinski definition) is 5. The minimum Gasteiger partial charge on any atom is -0.484 e. The van der Waals surface area contributed by atoms with E-state index in [-0.39, 0.29) is 23.6 Å². The van der Waals surface area contributed by atoms with Crippen LogP contribution in [0.25, 0.3) is 0 Å². The van der Waals surface area contributed by atoms with Gasteiger partial charge in [0.1, 0.15) is 6.61 Å². The number of ether oxygens (including phenoxy) is 2. The number of nitrogens with zero attached hydrogens (tertiary/aromatic N) is 1. The minimum absolute atomic E-state index is 0.0321. The molecule has 0 radical (unpaired) electrons. The first kappa shape index (κ1) is 13.9. The Morgan fingerprint density at radius 1 is 1.44 bits per heavy atom. The molecule has 0 heterocycles. The van der Waals surface area contributed by atoms with Gasteiger partial charge in [0.15, 0.2) is 5.75 Å². The van der Waals surface area contributed by atoms with Crippen molar-refractivity contribution in [2.45, 2.75) is 6.92 Å². The molecule has 0 aliphatic carbocycles. The molecule has 7 heteroatoms. The lowest BCUT2D eigenvalue weighted by Gasteiger charge is -2.07. The predicted octanol–water partition coefficient (Wildman–Crippen LogP) is 1.71. The number of rotatable bonds is 7. The van der Waals surface area contributed by atoms with E-state index in [9.17, 15) is 14.9 Å². The predicted molar refractivity (Wildman–Crippen MR) is 62.0 cm³/mol. The van der Waals surface area contributed by atoms with Gasteiger partial charge in [0, 0.05) is 12.7 Å². The lowest BCUT2D eigenvalue weighted by atomic mass is 10.2. The molecule has 0 amide bonds. The van der Waals surface area contributed by atoms with Crippen LogP contribution < -0.4 is 4.74 Å². The summed E-state index contributed by atoms with van der Waals surface area (Å²) in [5.74, 6) is -1.19. The number of carboxylic acid groups (broad SMARTS) is 1. The van der Waals surface area contributed by atoms with Gasteiger partial charge in [-0.05, 0) is 19.1 Å². The van der Waals surface area contributed by atoms with Gasteiger partial charge in [0.05, 0.1) is 17.1 Å². The summed E-state index contributed by atoms with van der Waals surface area (Å²) < 4.78 is 10.2. The largest absolute Gasteiger partial charge is 0.484 e. The molecular formula is C11H13NO6. The molecule has 0 fully saturated rings. The molecule has 0 saturated heterocycles. The van der Waals surface area contributed by atoms with Crippen molar-refractivity contribution in [2.75, 3.05) is 19.8 Å². The van der Waals surface area contributed by atoms with E-state index in [0.717, 1.165) is 6.07 Å². The maximum absolute atomic E-state index is 10.8.